The van der Waals surface area contributed by atoms with Crippen molar-refractivity contribution in [2.45, 2.75) is 19.9 Å². The molecule has 0 fully saturated rings. The topological polar surface area (TPSA) is 93.9 Å². The highest BCUT2D eigenvalue weighted by atomic mass is 32.1. The summed E-state index contributed by atoms with van der Waals surface area (Å²) in [6.07, 6.45) is 0.762. The Hall–Kier alpha value is -2.58. The number of nitrogens with zero attached hydrogens (tertiary/aromatic N) is 1. The molecule has 1 aromatic heterocycles. The number of anilines is 1. The largest absolute Gasteiger partial charge is 0.454 e. The summed E-state index contributed by atoms with van der Waals surface area (Å²) in [5.41, 5.74) is 7.45. The van der Waals surface area contributed by atoms with Gasteiger partial charge >= 0.3 is 0 Å². The van der Waals surface area contributed by atoms with Crippen LogP contribution >= 0.6 is 11.3 Å². The van der Waals surface area contributed by atoms with Crippen LogP contribution in [0.1, 0.15) is 38.1 Å². The van der Waals surface area contributed by atoms with E-state index >= 15 is 0 Å². The van der Waals surface area contributed by atoms with E-state index in [1.165, 1.54) is 11.3 Å². The van der Waals surface area contributed by atoms with Gasteiger partial charge in [-0.15, -0.1) is 11.3 Å². The Balaban J connectivity index is 1.62. The zero-order valence-corrected chi connectivity index (χ0v) is 15.1. The van der Waals surface area contributed by atoms with E-state index in [4.69, 9.17) is 15.2 Å². The highest BCUT2D eigenvalue weighted by Gasteiger charge is 2.27. The number of thiophene rings is 1. The molecular weight excluding hydrogens is 354 g/mol. The molecule has 2 aromatic rings. The van der Waals surface area contributed by atoms with Crippen molar-refractivity contribution >= 4 is 28.2 Å². The van der Waals surface area contributed by atoms with Gasteiger partial charge in [-0.2, -0.15) is 0 Å². The summed E-state index contributed by atoms with van der Waals surface area (Å²) in [4.78, 5) is 28.1. The minimum Gasteiger partial charge on any atom is -0.454 e. The second-order valence-electron chi connectivity index (χ2n) is 6.21. The predicted octanol–water partition coefficient (Wildman–Crippen LogP) is 2.21. The van der Waals surface area contributed by atoms with Crippen LogP contribution in [0.2, 0.25) is 0 Å². The van der Waals surface area contributed by atoms with Gasteiger partial charge in [0.25, 0.3) is 11.8 Å². The minimum absolute atomic E-state index is 0.151. The van der Waals surface area contributed by atoms with Crippen molar-refractivity contribution in [3.63, 3.8) is 0 Å². The molecule has 26 heavy (non-hydrogen) atoms. The SMILES string of the molecule is CCN1CCc2c(sc(NC(=O)c3ccc4c(c3)OCO4)c2C(N)=O)C1. The highest BCUT2D eigenvalue weighted by molar-refractivity contribution is 7.17. The number of hydrogen-bond acceptors (Lipinski definition) is 6. The maximum atomic E-state index is 12.7. The average molecular weight is 373 g/mol. The average Bonchev–Trinajstić information content (AvgIpc) is 3.23. The minimum atomic E-state index is -0.506. The molecule has 2 aliphatic rings. The number of hydrogen-bond donors (Lipinski definition) is 2. The first-order chi connectivity index (χ1) is 12.6. The first-order valence-corrected chi connectivity index (χ1v) is 9.26. The van der Waals surface area contributed by atoms with Crippen molar-refractivity contribution in [2.24, 2.45) is 5.73 Å². The second-order valence-corrected chi connectivity index (χ2v) is 7.32. The first kappa shape index (κ1) is 16.9. The molecule has 8 heteroatoms. The van der Waals surface area contributed by atoms with Crippen molar-refractivity contribution < 1.29 is 19.1 Å². The third-order valence-electron chi connectivity index (χ3n) is 4.69. The van der Waals surface area contributed by atoms with E-state index in [-0.39, 0.29) is 12.7 Å². The van der Waals surface area contributed by atoms with Crippen LogP contribution in [-0.4, -0.2) is 36.6 Å². The van der Waals surface area contributed by atoms with Crippen LogP contribution < -0.4 is 20.5 Å². The van der Waals surface area contributed by atoms with Gasteiger partial charge in [-0.05, 0) is 36.7 Å². The van der Waals surface area contributed by atoms with Crippen molar-refractivity contribution in [3.8, 4) is 11.5 Å². The lowest BCUT2D eigenvalue weighted by Gasteiger charge is -2.25. The van der Waals surface area contributed by atoms with Gasteiger partial charge in [-0.3, -0.25) is 14.5 Å². The molecule has 0 saturated heterocycles. The summed E-state index contributed by atoms with van der Waals surface area (Å²) in [5.74, 6) is 0.340. The smallest absolute Gasteiger partial charge is 0.256 e. The molecule has 0 aliphatic carbocycles. The van der Waals surface area contributed by atoms with E-state index < -0.39 is 5.91 Å². The number of rotatable bonds is 4. The van der Waals surface area contributed by atoms with Crippen LogP contribution in [0, 0.1) is 0 Å². The molecule has 2 aliphatic heterocycles. The Morgan fingerprint density at radius 1 is 1.31 bits per heavy atom. The maximum Gasteiger partial charge on any atom is 0.256 e. The van der Waals surface area contributed by atoms with E-state index in [9.17, 15) is 9.59 Å². The maximum absolute atomic E-state index is 12.7. The van der Waals surface area contributed by atoms with Gasteiger partial charge in [0.15, 0.2) is 11.5 Å². The third-order valence-corrected chi connectivity index (χ3v) is 5.82. The summed E-state index contributed by atoms with van der Waals surface area (Å²) < 4.78 is 10.6. The van der Waals surface area contributed by atoms with Crippen molar-refractivity contribution in [3.05, 3.63) is 39.8 Å². The van der Waals surface area contributed by atoms with Crippen molar-refractivity contribution in [2.75, 3.05) is 25.2 Å². The Morgan fingerprint density at radius 3 is 2.88 bits per heavy atom. The van der Waals surface area contributed by atoms with Crippen molar-refractivity contribution in [1.29, 1.82) is 0 Å². The molecule has 0 bridgehead atoms. The van der Waals surface area contributed by atoms with Gasteiger partial charge in [0.1, 0.15) is 5.00 Å². The van der Waals surface area contributed by atoms with E-state index in [1.54, 1.807) is 18.2 Å². The van der Waals surface area contributed by atoms with Crippen LogP contribution in [0.5, 0.6) is 11.5 Å². The fourth-order valence-corrected chi connectivity index (χ4v) is 4.58. The fourth-order valence-electron chi connectivity index (χ4n) is 3.29. The van der Waals surface area contributed by atoms with Crippen LogP contribution in [0.3, 0.4) is 0 Å². The molecule has 1 aromatic carbocycles. The quantitative estimate of drug-likeness (QED) is 0.857. The molecule has 0 saturated carbocycles. The van der Waals surface area contributed by atoms with E-state index in [2.05, 4.69) is 17.1 Å². The van der Waals surface area contributed by atoms with Crippen LogP contribution in [0.15, 0.2) is 18.2 Å². The molecule has 0 unspecified atom stereocenters. The molecule has 0 atom stereocenters. The zero-order valence-electron chi connectivity index (χ0n) is 14.3. The number of benzene rings is 1. The number of carbonyl (C=O) groups is 2. The lowest BCUT2D eigenvalue weighted by molar-refractivity contribution is 0.1000. The predicted molar refractivity (Wildman–Crippen MR) is 98.0 cm³/mol. The number of nitrogens with one attached hydrogen (secondary N) is 1. The van der Waals surface area contributed by atoms with Crippen LogP contribution in [0.4, 0.5) is 5.00 Å². The van der Waals surface area contributed by atoms with Crippen molar-refractivity contribution in [1.82, 2.24) is 4.90 Å². The molecule has 3 heterocycles. The number of fused-ring (bicyclic) bond motifs is 2. The summed E-state index contributed by atoms with van der Waals surface area (Å²) in [5, 5.41) is 3.37. The number of carbonyl (C=O) groups excluding carboxylic acids is 2. The van der Waals surface area contributed by atoms with Gasteiger partial charge in [-0.1, -0.05) is 6.92 Å². The number of amides is 2. The molecule has 2 amide bonds. The number of nitrogens with two attached hydrogens (primary N) is 1. The lowest BCUT2D eigenvalue weighted by Crippen LogP contribution is -2.30. The summed E-state index contributed by atoms with van der Waals surface area (Å²) in [7, 11) is 0. The van der Waals surface area contributed by atoms with E-state index in [0.717, 1.165) is 36.5 Å². The molecule has 0 radical (unpaired) electrons. The van der Waals surface area contributed by atoms with E-state index in [0.29, 0.717) is 27.6 Å². The molecule has 136 valence electrons. The second kappa shape index (κ2) is 6.62. The molecule has 0 spiro atoms. The number of ether oxygens (including phenoxy) is 2. The Kier molecular flexibility index (Phi) is 4.29. The molecule has 3 N–H and O–H groups in total. The van der Waals surface area contributed by atoms with Crippen LogP contribution in [0.25, 0.3) is 0 Å². The summed E-state index contributed by atoms with van der Waals surface area (Å²) >= 11 is 1.43. The lowest BCUT2D eigenvalue weighted by atomic mass is 10.0. The normalized spacial score (nSPS) is 15.6. The fraction of sp³-hybridized carbons (Fsp3) is 0.333. The molecular formula is C18H19N3O4S. The molecule has 4 rings (SSSR count). The Bertz CT molecular complexity index is 893. The van der Waals surface area contributed by atoms with Gasteiger partial charge in [-0.25, -0.2) is 0 Å². The zero-order chi connectivity index (χ0) is 18.3. The van der Waals surface area contributed by atoms with E-state index in [1.807, 2.05) is 0 Å². The molecule has 7 nitrogen and oxygen atoms in total. The third kappa shape index (κ3) is 2.91. The van der Waals surface area contributed by atoms with Gasteiger partial charge in [0, 0.05) is 23.5 Å². The van der Waals surface area contributed by atoms with Gasteiger partial charge < -0.3 is 20.5 Å². The monoisotopic (exact) mass is 373 g/mol. The van der Waals surface area contributed by atoms with Crippen LogP contribution in [-0.2, 0) is 13.0 Å². The first-order valence-electron chi connectivity index (χ1n) is 8.44. The number of primary amides is 1. The standard InChI is InChI=1S/C18H19N3O4S/c1-2-21-6-5-11-14(8-21)26-18(15(11)16(19)22)20-17(23)10-3-4-12-13(7-10)25-9-24-12/h3-4,7H,2,5-6,8-9H2,1H3,(H2,19,22)(H,20,23). The van der Waals surface area contributed by atoms with Gasteiger partial charge in [0.05, 0.1) is 5.56 Å². The Labute approximate surface area is 154 Å². The Morgan fingerprint density at radius 2 is 2.12 bits per heavy atom. The highest BCUT2D eigenvalue weighted by Crippen LogP contribution is 2.38. The summed E-state index contributed by atoms with van der Waals surface area (Å²) in [6.45, 7) is 4.86. The van der Waals surface area contributed by atoms with Gasteiger partial charge in [0.2, 0.25) is 6.79 Å². The number of likely N-dealkylation sites (N-methyl/N-ethyl adjacent to an activating group) is 1. The summed E-state index contributed by atoms with van der Waals surface area (Å²) in [6, 6.07) is 5.00.